The molecule has 0 saturated heterocycles. The van der Waals surface area contributed by atoms with Gasteiger partial charge in [0.15, 0.2) is 0 Å². The molecule has 0 aromatic rings. The van der Waals surface area contributed by atoms with Gasteiger partial charge in [-0.3, -0.25) is 4.79 Å². The summed E-state index contributed by atoms with van der Waals surface area (Å²) in [7, 11) is 0. The van der Waals surface area contributed by atoms with Gasteiger partial charge in [-0.25, -0.2) is 0 Å². The summed E-state index contributed by atoms with van der Waals surface area (Å²) >= 11 is 0. The van der Waals surface area contributed by atoms with Gasteiger partial charge in [0.1, 0.15) is 6.10 Å². The molecular formula is C55H107NO4. The number of nitrogens with one attached hydrogen (secondary N) is 1. The van der Waals surface area contributed by atoms with Gasteiger partial charge in [0.25, 0.3) is 0 Å². The van der Waals surface area contributed by atoms with Crippen molar-refractivity contribution in [3.8, 4) is 0 Å². The summed E-state index contributed by atoms with van der Waals surface area (Å²) in [5.74, 6) is -0.142. The topological polar surface area (TPSA) is 89.8 Å². The second-order valence-corrected chi connectivity index (χ2v) is 18.8. The van der Waals surface area contributed by atoms with Crippen molar-refractivity contribution in [1.82, 2.24) is 5.32 Å². The van der Waals surface area contributed by atoms with Crippen LogP contribution in [0.5, 0.6) is 0 Å². The van der Waals surface area contributed by atoms with Gasteiger partial charge in [-0.15, -0.1) is 0 Å². The van der Waals surface area contributed by atoms with Crippen molar-refractivity contribution in [2.75, 3.05) is 6.61 Å². The smallest absolute Gasteiger partial charge is 0.220 e. The quantitative estimate of drug-likeness (QED) is 0.0363. The fourth-order valence-corrected chi connectivity index (χ4v) is 8.61. The fraction of sp³-hybridized carbons (Fsp3) is 0.909. The highest BCUT2D eigenvalue weighted by molar-refractivity contribution is 5.76. The zero-order valence-corrected chi connectivity index (χ0v) is 40.6. The average molecular weight is 846 g/mol. The summed E-state index contributed by atoms with van der Waals surface area (Å²) < 4.78 is 0. The summed E-state index contributed by atoms with van der Waals surface area (Å²) in [5, 5.41) is 33.7. The van der Waals surface area contributed by atoms with Crippen molar-refractivity contribution in [3.63, 3.8) is 0 Å². The lowest BCUT2D eigenvalue weighted by Gasteiger charge is -2.26. The molecule has 60 heavy (non-hydrogen) atoms. The first kappa shape index (κ1) is 58.8. The molecule has 5 nitrogen and oxygen atoms in total. The second kappa shape index (κ2) is 50.5. The third-order valence-electron chi connectivity index (χ3n) is 12.8. The van der Waals surface area contributed by atoms with Crippen molar-refractivity contribution in [1.29, 1.82) is 0 Å². The van der Waals surface area contributed by atoms with E-state index in [1.54, 1.807) is 0 Å². The van der Waals surface area contributed by atoms with Crippen molar-refractivity contribution >= 4 is 5.91 Å². The Morgan fingerprint density at radius 3 is 1.05 bits per heavy atom. The van der Waals surface area contributed by atoms with Gasteiger partial charge in [-0.05, 0) is 44.9 Å². The lowest BCUT2D eigenvalue weighted by Crippen LogP contribution is -2.50. The van der Waals surface area contributed by atoms with E-state index in [0.717, 1.165) is 44.9 Å². The molecule has 3 atom stereocenters. The number of unbranched alkanes of at least 4 members (excludes halogenated alkanes) is 38. The molecular weight excluding hydrogens is 739 g/mol. The van der Waals surface area contributed by atoms with E-state index in [4.69, 9.17) is 0 Å². The third kappa shape index (κ3) is 44.9. The summed E-state index contributed by atoms with van der Waals surface area (Å²) in [6.07, 6.45) is 63.2. The maximum absolute atomic E-state index is 12.5. The van der Waals surface area contributed by atoms with Crippen LogP contribution in [0.15, 0.2) is 24.3 Å². The normalized spacial score (nSPS) is 13.5. The first-order valence-corrected chi connectivity index (χ1v) is 27.1. The van der Waals surface area contributed by atoms with E-state index >= 15 is 0 Å². The molecule has 0 spiro atoms. The first-order chi connectivity index (χ1) is 29.6. The molecule has 0 rings (SSSR count). The number of aliphatic hydroxyl groups excluding tert-OH is 3. The number of amides is 1. The van der Waals surface area contributed by atoms with Crippen LogP contribution in [-0.2, 0) is 4.79 Å². The molecule has 3 unspecified atom stereocenters. The van der Waals surface area contributed by atoms with Crippen molar-refractivity contribution in [2.24, 2.45) is 0 Å². The predicted molar refractivity (Wildman–Crippen MR) is 264 cm³/mol. The number of allylic oxidation sites excluding steroid dienone is 4. The van der Waals surface area contributed by atoms with Gasteiger partial charge < -0.3 is 20.6 Å². The van der Waals surface area contributed by atoms with E-state index in [9.17, 15) is 20.1 Å². The molecule has 0 saturated carbocycles. The monoisotopic (exact) mass is 846 g/mol. The standard InChI is InChI=1S/C55H107NO4/c1-3-5-7-9-11-13-15-17-19-21-22-23-24-25-26-27-28-29-30-31-32-34-36-38-40-42-44-46-48-50-54(59)56-52(51-57)55(60)53(58)49-47-45-43-41-39-37-35-33-20-18-16-14-12-10-8-6-4-2/h22-23,25-26,52-53,55,57-58,60H,3-21,24,27-51H2,1-2H3,(H,56,59)/b23-22-,26-25-. The summed E-state index contributed by atoms with van der Waals surface area (Å²) in [6.45, 7) is 4.21. The number of carbonyl (C=O) groups excluding carboxylic acids is 1. The molecule has 0 aliphatic rings. The molecule has 0 aliphatic heterocycles. The summed E-state index contributed by atoms with van der Waals surface area (Å²) in [5.41, 5.74) is 0. The molecule has 0 radical (unpaired) electrons. The van der Waals surface area contributed by atoms with Crippen molar-refractivity contribution < 1.29 is 20.1 Å². The van der Waals surface area contributed by atoms with Crippen LogP contribution in [0, 0.1) is 0 Å². The maximum Gasteiger partial charge on any atom is 0.220 e. The van der Waals surface area contributed by atoms with E-state index < -0.39 is 18.2 Å². The minimum absolute atomic E-state index is 0.142. The molecule has 0 aliphatic carbocycles. The predicted octanol–water partition coefficient (Wildman–Crippen LogP) is 16.5. The Morgan fingerprint density at radius 2 is 0.717 bits per heavy atom. The molecule has 0 bridgehead atoms. The van der Waals surface area contributed by atoms with Crippen molar-refractivity contribution in [3.05, 3.63) is 24.3 Å². The van der Waals surface area contributed by atoms with Gasteiger partial charge >= 0.3 is 0 Å². The van der Waals surface area contributed by atoms with Gasteiger partial charge in [0.05, 0.1) is 18.8 Å². The average Bonchev–Trinajstić information content (AvgIpc) is 3.25. The first-order valence-electron chi connectivity index (χ1n) is 27.1. The summed E-state index contributed by atoms with van der Waals surface area (Å²) in [6, 6.07) is -0.808. The van der Waals surface area contributed by atoms with Gasteiger partial charge in [-0.1, -0.05) is 269 Å². The number of hydrogen-bond donors (Lipinski definition) is 4. The molecule has 0 aromatic heterocycles. The minimum atomic E-state index is -1.14. The van der Waals surface area contributed by atoms with E-state index in [1.807, 2.05) is 0 Å². The Hall–Kier alpha value is -1.17. The van der Waals surface area contributed by atoms with Crippen LogP contribution in [0.1, 0.15) is 296 Å². The lowest BCUT2D eigenvalue weighted by atomic mass is 9.99. The molecule has 4 N–H and O–H groups in total. The van der Waals surface area contributed by atoms with Crippen LogP contribution < -0.4 is 5.32 Å². The van der Waals surface area contributed by atoms with E-state index in [0.29, 0.717) is 12.8 Å². The Bertz CT molecular complexity index is 890. The Morgan fingerprint density at radius 1 is 0.417 bits per heavy atom. The van der Waals surface area contributed by atoms with Gasteiger partial charge in [-0.2, -0.15) is 0 Å². The highest BCUT2D eigenvalue weighted by Crippen LogP contribution is 2.17. The fourth-order valence-electron chi connectivity index (χ4n) is 8.61. The van der Waals surface area contributed by atoms with E-state index in [1.165, 1.54) is 225 Å². The maximum atomic E-state index is 12.5. The Balaban J connectivity index is 3.53. The highest BCUT2D eigenvalue weighted by Gasteiger charge is 2.26. The van der Waals surface area contributed by atoms with Gasteiger partial charge in [0.2, 0.25) is 5.91 Å². The molecule has 5 heteroatoms. The highest BCUT2D eigenvalue weighted by atomic mass is 16.3. The van der Waals surface area contributed by atoms with E-state index in [-0.39, 0.29) is 12.5 Å². The number of aliphatic hydroxyl groups is 3. The number of carbonyl (C=O) groups is 1. The van der Waals surface area contributed by atoms with E-state index in [2.05, 4.69) is 43.5 Å². The van der Waals surface area contributed by atoms with Crippen LogP contribution in [0.4, 0.5) is 0 Å². The Kier molecular flexibility index (Phi) is 49.5. The molecule has 356 valence electrons. The largest absolute Gasteiger partial charge is 0.394 e. The Labute approximate surface area is 375 Å². The summed E-state index contributed by atoms with van der Waals surface area (Å²) in [4.78, 5) is 12.5. The zero-order valence-electron chi connectivity index (χ0n) is 40.6. The second-order valence-electron chi connectivity index (χ2n) is 18.8. The lowest BCUT2D eigenvalue weighted by molar-refractivity contribution is -0.124. The molecule has 0 fully saturated rings. The molecule has 0 heterocycles. The number of hydrogen-bond acceptors (Lipinski definition) is 4. The SMILES string of the molecule is CCCCCCCCCCC/C=C\C/C=C\CCCCCCCCCCCCCCCC(=O)NC(CO)C(O)C(O)CCCCCCCCCCCCCCCCCCC. The molecule has 1 amide bonds. The van der Waals surface area contributed by atoms with Crippen LogP contribution in [-0.4, -0.2) is 46.1 Å². The number of rotatable bonds is 50. The van der Waals surface area contributed by atoms with Crippen LogP contribution >= 0.6 is 0 Å². The van der Waals surface area contributed by atoms with Crippen molar-refractivity contribution in [2.45, 2.75) is 315 Å². The zero-order chi connectivity index (χ0) is 43.7. The third-order valence-corrected chi connectivity index (χ3v) is 12.8. The molecule has 0 aromatic carbocycles. The van der Waals surface area contributed by atoms with Crippen LogP contribution in [0.3, 0.4) is 0 Å². The minimum Gasteiger partial charge on any atom is -0.394 e. The van der Waals surface area contributed by atoms with Crippen LogP contribution in [0.2, 0.25) is 0 Å². The van der Waals surface area contributed by atoms with Crippen LogP contribution in [0.25, 0.3) is 0 Å². The van der Waals surface area contributed by atoms with Gasteiger partial charge in [0, 0.05) is 6.42 Å².